The fourth-order valence-corrected chi connectivity index (χ4v) is 3.00. The first-order valence-corrected chi connectivity index (χ1v) is 8.01. The molecular weight excluding hydrogens is 375 g/mol. The van der Waals surface area contributed by atoms with Crippen LogP contribution >= 0.6 is 24.0 Å². The van der Waals surface area contributed by atoms with Gasteiger partial charge in [0, 0.05) is 39.8 Å². The fourth-order valence-electron chi connectivity index (χ4n) is 3.00. The third-order valence-electron chi connectivity index (χ3n) is 4.40. The number of nitrogens with one attached hydrogen (secondary N) is 1. The van der Waals surface area contributed by atoms with Crippen LogP contribution in [-0.2, 0) is 0 Å². The van der Waals surface area contributed by atoms with E-state index in [2.05, 4.69) is 33.7 Å². The number of aliphatic imine (C=N–C) groups is 1. The van der Waals surface area contributed by atoms with Crippen LogP contribution in [0.4, 0.5) is 0 Å². The van der Waals surface area contributed by atoms with Crippen LogP contribution in [-0.4, -0.2) is 62.1 Å². The van der Waals surface area contributed by atoms with Crippen LogP contribution in [0.1, 0.15) is 32.1 Å². The molecule has 1 unspecified atom stereocenters. The van der Waals surface area contributed by atoms with Crippen molar-refractivity contribution in [3.05, 3.63) is 12.7 Å². The molecule has 0 radical (unpaired) electrons. The zero-order valence-electron chi connectivity index (χ0n) is 13.6. The monoisotopic (exact) mass is 406 g/mol. The molecule has 122 valence electrons. The highest BCUT2D eigenvalue weighted by Gasteiger charge is 2.34. The van der Waals surface area contributed by atoms with Gasteiger partial charge in [-0.05, 0) is 44.6 Å². The Bertz CT molecular complexity index is 341. The lowest BCUT2D eigenvalue weighted by Gasteiger charge is -2.23. The van der Waals surface area contributed by atoms with E-state index >= 15 is 0 Å². The molecule has 1 N–H and O–H groups in total. The Morgan fingerprint density at radius 3 is 2.81 bits per heavy atom. The van der Waals surface area contributed by atoms with Gasteiger partial charge >= 0.3 is 0 Å². The highest BCUT2D eigenvalue weighted by molar-refractivity contribution is 14.0. The second kappa shape index (κ2) is 9.66. The Hall–Kier alpha value is -0.300. The van der Waals surface area contributed by atoms with Crippen LogP contribution in [0.3, 0.4) is 0 Å². The summed E-state index contributed by atoms with van der Waals surface area (Å²) in [6.45, 7) is 8.43. The standard InChI is InChI=1S/C16H30N4.HI/c1-4-5-6-10-19(3)16(17-2)18-12-14-9-11-20(13-14)15-7-8-15;/h4,14-15H,1,5-13H2,2-3H3,(H,17,18);1H. The molecule has 1 aliphatic carbocycles. The van der Waals surface area contributed by atoms with Crippen molar-refractivity contribution < 1.29 is 0 Å². The van der Waals surface area contributed by atoms with Crippen molar-refractivity contribution in [2.45, 2.75) is 38.1 Å². The predicted octanol–water partition coefficient (Wildman–Crippen LogP) is 2.56. The molecule has 2 fully saturated rings. The molecule has 1 saturated carbocycles. The minimum absolute atomic E-state index is 0. The summed E-state index contributed by atoms with van der Waals surface area (Å²) >= 11 is 0. The molecule has 1 aliphatic heterocycles. The summed E-state index contributed by atoms with van der Waals surface area (Å²) in [5.74, 6) is 1.81. The Kier molecular flexibility index (Phi) is 8.63. The summed E-state index contributed by atoms with van der Waals surface area (Å²) in [4.78, 5) is 9.28. The lowest BCUT2D eigenvalue weighted by Crippen LogP contribution is -2.41. The van der Waals surface area contributed by atoms with Gasteiger partial charge in [0.1, 0.15) is 0 Å². The first kappa shape index (κ1) is 18.7. The van der Waals surface area contributed by atoms with Crippen LogP contribution < -0.4 is 5.32 Å². The molecule has 2 rings (SSSR count). The minimum atomic E-state index is 0. The van der Waals surface area contributed by atoms with E-state index in [0.717, 1.165) is 43.9 Å². The lowest BCUT2D eigenvalue weighted by molar-refractivity contribution is 0.313. The molecule has 0 aromatic carbocycles. The largest absolute Gasteiger partial charge is 0.356 e. The maximum absolute atomic E-state index is 4.39. The number of allylic oxidation sites excluding steroid dienone is 1. The van der Waals surface area contributed by atoms with Crippen molar-refractivity contribution in [2.24, 2.45) is 10.9 Å². The molecule has 0 bridgehead atoms. The zero-order chi connectivity index (χ0) is 14.4. The third-order valence-corrected chi connectivity index (χ3v) is 4.40. The van der Waals surface area contributed by atoms with Gasteiger partial charge in [0.15, 0.2) is 5.96 Å². The van der Waals surface area contributed by atoms with Crippen molar-refractivity contribution >= 4 is 29.9 Å². The average Bonchev–Trinajstić information content (AvgIpc) is 3.19. The highest BCUT2D eigenvalue weighted by atomic mass is 127. The lowest BCUT2D eigenvalue weighted by atomic mass is 10.1. The fraction of sp³-hybridized carbons (Fsp3) is 0.812. The molecule has 2 aliphatic rings. The smallest absolute Gasteiger partial charge is 0.193 e. The number of guanidine groups is 1. The normalized spacial score (nSPS) is 22.8. The Morgan fingerprint density at radius 1 is 1.43 bits per heavy atom. The molecule has 1 atom stereocenters. The summed E-state index contributed by atoms with van der Waals surface area (Å²) in [7, 11) is 3.99. The van der Waals surface area contributed by atoms with Crippen LogP contribution in [0.15, 0.2) is 17.6 Å². The number of rotatable bonds is 7. The minimum Gasteiger partial charge on any atom is -0.356 e. The van der Waals surface area contributed by atoms with E-state index < -0.39 is 0 Å². The maximum atomic E-state index is 4.39. The van der Waals surface area contributed by atoms with Gasteiger partial charge in [-0.3, -0.25) is 4.99 Å². The first-order valence-electron chi connectivity index (χ1n) is 8.01. The van der Waals surface area contributed by atoms with Gasteiger partial charge in [-0.2, -0.15) is 0 Å². The molecule has 1 heterocycles. The second-order valence-electron chi connectivity index (χ2n) is 6.16. The average molecular weight is 406 g/mol. The van der Waals surface area contributed by atoms with Crippen LogP contribution in [0, 0.1) is 5.92 Å². The van der Waals surface area contributed by atoms with Gasteiger partial charge in [0.05, 0.1) is 0 Å². The molecular formula is C16H31IN4. The molecule has 0 amide bonds. The van der Waals surface area contributed by atoms with E-state index in [0.29, 0.717) is 0 Å². The van der Waals surface area contributed by atoms with Gasteiger partial charge < -0.3 is 15.1 Å². The number of hydrogen-bond donors (Lipinski definition) is 1. The van der Waals surface area contributed by atoms with Crippen molar-refractivity contribution in [1.29, 1.82) is 0 Å². The number of hydrogen-bond acceptors (Lipinski definition) is 2. The van der Waals surface area contributed by atoms with Gasteiger partial charge in [0.25, 0.3) is 0 Å². The van der Waals surface area contributed by atoms with Crippen molar-refractivity contribution in [3.63, 3.8) is 0 Å². The van der Waals surface area contributed by atoms with Crippen molar-refractivity contribution in [3.8, 4) is 0 Å². The van der Waals surface area contributed by atoms with Gasteiger partial charge in [0.2, 0.25) is 0 Å². The van der Waals surface area contributed by atoms with E-state index in [1.54, 1.807) is 0 Å². The van der Waals surface area contributed by atoms with Crippen LogP contribution in [0.2, 0.25) is 0 Å². The summed E-state index contributed by atoms with van der Waals surface area (Å²) < 4.78 is 0. The van der Waals surface area contributed by atoms with E-state index in [9.17, 15) is 0 Å². The Morgan fingerprint density at radius 2 is 2.19 bits per heavy atom. The Labute approximate surface area is 147 Å². The quantitative estimate of drug-likeness (QED) is 0.232. The molecule has 0 aromatic rings. The van der Waals surface area contributed by atoms with E-state index in [-0.39, 0.29) is 24.0 Å². The van der Waals surface area contributed by atoms with Crippen molar-refractivity contribution in [2.75, 3.05) is 40.3 Å². The first-order chi connectivity index (χ1) is 9.74. The van der Waals surface area contributed by atoms with Crippen molar-refractivity contribution in [1.82, 2.24) is 15.1 Å². The molecule has 4 nitrogen and oxygen atoms in total. The van der Waals surface area contributed by atoms with Crippen LogP contribution in [0.5, 0.6) is 0 Å². The van der Waals surface area contributed by atoms with Gasteiger partial charge in [-0.25, -0.2) is 0 Å². The number of nitrogens with zero attached hydrogens (tertiary/aromatic N) is 3. The molecule has 5 heteroatoms. The number of halogens is 1. The molecule has 1 saturated heterocycles. The summed E-state index contributed by atoms with van der Waals surface area (Å²) in [6.07, 6.45) is 8.37. The van der Waals surface area contributed by atoms with Gasteiger partial charge in [-0.15, -0.1) is 30.6 Å². The summed E-state index contributed by atoms with van der Waals surface area (Å²) in [5.41, 5.74) is 0. The van der Waals surface area contributed by atoms with Gasteiger partial charge in [-0.1, -0.05) is 6.08 Å². The van der Waals surface area contributed by atoms with E-state index in [1.165, 1.54) is 32.4 Å². The molecule has 21 heavy (non-hydrogen) atoms. The predicted molar refractivity (Wildman–Crippen MR) is 102 cm³/mol. The Balaban J connectivity index is 0.00000220. The highest BCUT2D eigenvalue weighted by Crippen LogP contribution is 2.31. The summed E-state index contributed by atoms with van der Waals surface area (Å²) in [6, 6.07) is 0.917. The van der Waals surface area contributed by atoms with Crippen LogP contribution in [0.25, 0.3) is 0 Å². The zero-order valence-corrected chi connectivity index (χ0v) is 15.9. The van der Waals surface area contributed by atoms with E-state index in [1.807, 2.05) is 13.1 Å². The van der Waals surface area contributed by atoms with E-state index in [4.69, 9.17) is 0 Å². The molecule has 0 aromatic heterocycles. The third kappa shape index (κ3) is 6.14. The number of likely N-dealkylation sites (tertiary alicyclic amines) is 1. The SMILES string of the molecule is C=CCCCN(C)C(=NC)NCC1CCN(C2CC2)C1.I. The maximum Gasteiger partial charge on any atom is 0.193 e. The summed E-state index contributed by atoms with van der Waals surface area (Å²) in [5, 5.41) is 3.54. The second-order valence-corrected chi connectivity index (χ2v) is 6.16. The molecule has 0 spiro atoms. The topological polar surface area (TPSA) is 30.9 Å². The number of unbranched alkanes of at least 4 members (excludes halogenated alkanes) is 1.